The number of aliphatic carboxylic acids is 1. The second kappa shape index (κ2) is 6.59. The summed E-state index contributed by atoms with van der Waals surface area (Å²) in [5.41, 5.74) is 2.14. The largest absolute Gasteiger partial charge is 0.477 e. The number of thioether (sulfide) groups is 1. The van der Waals surface area contributed by atoms with Gasteiger partial charge < -0.3 is 10.0 Å². The van der Waals surface area contributed by atoms with Gasteiger partial charge >= 0.3 is 5.97 Å². The Morgan fingerprint density at radius 1 is 1.11 bits per heavy atom. The van der Waals surface area contributed by atoms with E-state index in [2.05, 4.69) is 6.92 Å². The predicted molar refractivity (Wildman–Crippen MR) is 110 cm³/mol. The van der Waals surface area contributed by atoms with E-state index in [1.165, 1.54) is 11.8 Å². The Morgan fingerprint density at radius 3 is 2.22 bits per heavy atom. The number of carbonyl (C=O) groups is 1. The fraction of sp³-hybridized carbons (Fsp3) is 0.200. The highest BCUT2D eigenvalue weighted by Gasteiger charge is 2.51. The molecule has 0 saturated heterocycles. The summed E-state index contributed by atoms with van der Waals surface area (Å²) in [6.45, 7) is 3.89. The topological polar surface area (TPSA) is 52.9 Å². The van der Waals surface area contributed by atoms with Gasteiger partial charge in [0.25, 0.3) is 0 Å². The number of carboxylic acid groups (broad SMARTS) is 1. The first-order chi connectivity index (χ1) is 12.8. The lowest BCUT2D eigenvalue weighted by molar-refractivity contribution is -0.131. The molecule has 0 aliphatic carbocycles. The van der Waals surface area contributed by atoms with Crippen LogP contribution in [0.1, 0.15) is 31.0 Å². The van der Waals surface area contributed by atoms with Gasteiger partial charge in [-0.2, -0.15) is 0 Å². The number of fused-ring (bicyclic) bond motifs is 1. The van der Waals surface area contributed by atoms with Crippen molar-refractivity contribution in [3.05, 3.63) is 80.3 Å². The van der Waals surface area contributed by atoms with Gasteiger partial charge in [0.2, 0.25) is 0 Å². The van der Waals surface area contributed by atoms with Gasteiger partial charge in [-0.25, -0.2) is 9.79 Å². The van der Waals surface area contributed by atoms with E-state index in [4.69, 9.17) is 28.2 Å². The highest BCUT2D eigenvalue weighted by molar-refractivity contribution is 8.18. The molecule has 1 N–H and O–H groups in total. The number of hydrogen-bond donors (Lipinski definition) is 1. The zero-order chi connectivity index (χ0) is 19.3. The summed E-state index contributed by atoms with van der Waals surface area (Å²) < 4.78 is 0. The minimum Gasteiger partial charge on any atom is -0.477 e. The van der Waals surface area contributed by atoms with Crippen molar-refractivity contribution in [2.24, 2.45) is 4.99 Å². The van der Waals surface area contributed by atoms with E-state index in [9.17, 15) is 9.90 Å². The van der Waals surface area contributed by atoms with Crippen LogP contribution in [0.4, 0.5) is 0 Å². The van der Waals surface area contributed by atoms with Gasteiger partial charge in [0.15, 0.2) is 5.17 Å². The summed E-state index contributed by atoms with van der Waals surface area (Å²) in [5.74, 6) is -0.933. The molecule has 0 fully saturated rings. The van der Waals surface area contributed by atoms with Crippen molar-refractivity contribution in [1.29, 1.82) is 0 Å². The fourth-order valence-corrected chi connectivity index (χ4v) is 5.03. The van der Waals surface area contributed by atoms with E-state index in [0.717, 1.165) is 11.1 Å². The second-order valence-corrected chi connectivity index (χ2v) is 8.55. The normalized spacial score (nSPS) is 24.2. The Bertz CT molecular complexity index is 986. The number of benzene rings is 2. The number of hydrogen-bond acceptors (Lipinski definition) is 4. The Morgan fingerprint density at radius 2 is 1.67 bits per heavy atom. The zero-order valence-electron chi connectivity index (χ0n) is 14.6. The molecule has 2 aromatic rings. The van der Waals surface area contributed by atoms with Crippen LogP contribution in [0.5, 0.6) is 0 Å². The smallest absolute Gasteiger partial charge is 0.344 e. The lowest BCUT2D eigenvalue weighted by Crippen LogP contribution is -2.34. The molecular formula is C20H16Cl2N2O2S. The SMILES string of the molecule is CC1=C(C(=O)O)SC2=N[C@@](C)(c3ccc(Cl)cc3)[C@@H](c3ccc(Cl)cc3)N21. The molecule has 2 atom stereocenters. The molecule has 0 bridgehead atoms. The molecule has 0 amide bonds. The lowest BCUT2D eigenvalue weighted by atomic mass is 9.81. The third kappa shape index (κ3) is 2.94. The standard InChI is InChI=1S/C20H16Cl2N2O2S/c1-11-16(18(25)26)27-19-23-20(2,13-5-9-15(22)10-6-13)17(24(11)19)12-3-7-14(21)8-4-12/h3-10,17H,1-2H3,(H,25,26)/t17-,20+/m1/s1. The Kier molecular flexibility index (Phi) is 4.49. The van der Waals surface area contributed by atoms with Crippen LogP contribution in [0, 0.1) is 0 Å². The number of nitrogens with zero attached hydrogens (tertiary/aromatic N) is 2. The molecular weight excluding hydrogens is 403 g/mol. The molecule has 0 unspecified atom stereocenters. The predicted octanol–water partition coefficient (Wildman–Crippen LogP) is 5.68. The van der Waals surface area contributed by atoms with Crippen molar-refractivity contribution in [1.82, 2.24) is 4.90 Å². The molecule has 2 aliphatic rings. The highest BCUT2D eigenvalue weighted by Crippen LogP contribution is 2.54. The van der Waals surface area contributed by atoms with Gasteiger partial charge in [-0.1, -0.05) is 47.5 Å². The highest BCUT2D eigenvalue weighted by atomic mass is 35.5. The zero-order valence-corrected chi connectivity index (χ0v) is 16.9. The maximum atomic E-state index is 11.6. The molecule has 138 valence electrons. The maximum absolute atomic E-state index is 11.6. The second-order valence-electron chi connectivity index (χ2n) is 6.69. The summed E-state index contributed by atoms with van der Waals surface area (Å²) in [6.07, 6.45) is 0. The summed E-state index contributed by atoms with van der Waals surface area (Å²) in [5, 5.41) is 11.5. The van der Waals surface area contributed by atoms with E-state index in [0.29, 0.717) is 25.8 Å². The number of carboxylic acids is 1. The summed E-state index contributed by atoms with van der Waals surface area (Å²) in [6, 6.07) is 15.1. The summed E-state index contributed by atoms with van der Waals surface area (Å²) in [4.78, 5) is 18.9. The van der Waals surface area contributed by atoms with Gasteiger partial charge in [-0.3, -0.25) is 0 Å². The van der Waals surface area contributed by atoms with Gasteiger partial charge in [-0.15, -0.1) is 0 Å². The molecule has 2 aliphatic heterocycles. The molecule has 4 nitrogen and oxygen atoms in total. The molecule has 0 aromatic heterocycles. The Balaban J connectivity index is 1.88. The molecule has 7 heteroatoms. The number of halogens is 2. The number of amidine groups is 1. The third-order valence-electron chi connectivity index (χ3n) is 5.02. The van der Waals surface area contributed by atoms with Crippen LogP contribution in [0.3, 0.4) is 0 Å². The quantitative estimate of drug-likeness (QED) is 0.695. The molecule has 2 aromatic carbocycles. The fourth-order valence-electron chi connectivity index (χ4n) is 3.69. The first-order valence-corrected chi connectivity index (χ1v) is 9.91. The molecule has 2 heterocycles. The van der Waals surface area contributed by atoms with Gasteiger partial charge in [0.05, 0.1) is 6.04 Å². The van der Waals surface area contributed by atoms with Crippen molar-refractivity contribution in [3.8, 4) is 0 Å². The van der Waals surface area contributed by atoms with Crippen LogP contribution in [-0.4, -0.2) is 21.1 Å². The van der Waals surface area contributed by atoms with Gasteiger partial charge in [0.1, 0.15) is 10.4 Å². The first kappa shape index (κ1) is 18.4. The molecule has 0 radical (unpaired) electrons. The van der Waals surface area contributed by atoms with Gasteiger partial charge in [0, 0.05) is 15.7 Å². The van der Waals surface area contributed by atoms with Crippen LogP contribution >= 0.6 is 35.0 Å². The van der Waals surface area contributed by atoms with E-state index in [1.54, 1.807) is 0 Å². The van der Waals surface area contributed by atoms with E-state index in [-0.39, 0.29) is 6.04 Å². The van der Waals surface area contributed by atoms with Crippen molar-refractivity contribution in [2.45, 2.75) is 25.4 Å². The summed E-state index contributed by atoms with van der Waals surface area (Å²) in [7, 11) is 0. The Hall–Kier alpha value is -1.95. The third-order valence-corrected chi connectivity index (χ3v) is 6.67. The van der Waals surface area contributed by atoms with Crippen molar-refractivity contribution in [2.75, 3.05) is 0 Å². The van der Waals surface area contributed by atoms with Crippen LogP contribution in [-0.2, 0) is 10.3 Å². The van der Waals surface area contributed by atoms with Crippen molar-refractivity contribution in [3.63, 3.8) is 0 Å². The summed E-state index contributed by atoms with van der Waals surface area (Å²) >= 11 is 13.4. The average molecular weight is 419 g/mol. The molecule has 27 heavy (non-hydrogen) atoms. The van der Waals surface area contributed by atoms with E-state index in [1.807, 2.05) is 60.4 Å². The van der Waals surface area contributed by atoms with Crippen molar-refractivity contribution >= 4 is 46.1 Å². The number of aliphatic imine (C=N–C) groups is 1. The van der Waals surface area contributed by atoms with Crippen LogP contribution in [0.2, 0.25) is 10.0 Å². The number of rotatable bonds is 3. The molecule has 4 rings (SSSR count). The van der Waals surface area contributed by atoms with Gasteiger partial charge in [-0.05, 0) is 61.0 Å². The van der Waals surface area contributed by atoms with Crippen molar-refractivity contribution < 1.29 is 9.90 Å². The first-order valence-electron chi connectivity index (χ1n) is 8.34. The lowest BCUT2D eigenvalue weighted by Gasteiger charge is -2.35. The monoisotopic (exact) mass is 418 g/mol. The number of allylic oxidation sites excluding steroid dienone is 1. The Labute approximate surface area is 171 Å². The van der Waals surface area contributed by atoms with Crippen LogP contribution in [0.15, 0.2) is 64.1 Å². The minimum absolute atomic E-state index is 0.185. The molecule has 0 saturated carbocycles. The average Bonchev–Trinajstić information content (AvgIpc) is 3.10. The van der Waals surface area contributed by atoms with Crippen LogP contribution < -0.4 is 0 Å². The minimum atomic E-state index is -0.933. The van der Waals surface area contributed by atoms with E-state index >= 15 is 0 Å². The maximum Gasteiger partial charge on any atom is 0.344 e. The van der Waals surface area contributed by atoms with Crippen LogP contribution in [0.25, 0.3) is 0 Å². The van der Waals surface area contributed by atoms with E-state index < -0.39 is 11.5 Å². The molecule has 0 spiro atoms.